The lowest BCUT2D eigenvalue weighted by atomic mass is 10.1. The van der Waals surface area contributed by atoms with Gasteiger partial charge >= 0.3 is 6.18 Å². The normalized spacial score (nSPS) is 15.3. The Bertz CT molecular complexity index is 986. The van der Waals surface area contributed by atoms with Crippen molar-refractivity contribution >= 4 is 33.7 Å². The summed E-state index contributed by atoms with van der Waals surface area (Å²) in [7, 11) is 0. The fourth-order valence-electron chi connectivity index (χ4n) is 3.32. The van der Waals surface area contributed by atoms with Crippen molar-refractivity contribution in [1.82, 2.24) is 14.9 Å². The van der Waals surface area contributed by atoms with Crippen molar-refractivity contribution in [1.29, 1.82) is 0 Å². The maximum atomic E-state index is 12.7. The van der Waals surface area contributed by atoms with Crippen LogP contribution < -0.4 is 4.90 Å². The van der Waals surface area contributed by atoms with Crippen LogP contribution in [0, 0.1) is 0 Å². The first kappa shape index (κ1) is 20.8. The zero-order valence-corrected chi connectivity index (χ0v) is 17.6. The van der Waals surface area contributed by atoms with E-state index < -0.39 is 11.7 Å². The van der Waals surface area contributed by atoms with Crippen LogP contribution in [0.15, 0.2) is 41.2 Å². The highest BCUT2D eigenvalue weighted by atomic mass is 32.1. The average Bonchev–Trinajstić information content (AvgIpc) is 3.35. The van der Waals surface area contributed by atoms with Crippen molar-refractivity contribution in [3.05, 3.63) is 52.5 Å². The van der Waals surface area contributed by atoms with Crippen molar-refractivity contribution in [3.63, 3.8) is 0 Å². The molecule has 3 heterocycles. The number of halogens is 3. The Hall–Kier alpha value is -2.46. The Labute approximate surface area is 179 Å². The minimum absolute atomic E-state index is 0.0141. The van der Waals surface area contributed by atoms with E-state index in [0.717, 1.165) is 36.8 Å². The molecular weight excluding hydrogens is 433 g/mol. The van der Waals surface area contributed by atoms with Crippen molar-refractivity contribution in [3.8, 4) is 10.6 Å². The molecule has 0 atom stereocenters. The number of anilines is 1. The van der Waals surface area contributed by atoms with Crippen molar-refractivity contribution in [2.75, 3.05) is 31.1 Å². The van der Waals surface area contributed by atoms with Gasteiger partial charge in [0.1, 0.15) is 5.01 Å². The summed E-state index contributed by atoms with van der Waals surface area (Å²) in [5, 5.41) is 5.33. The molecule has 0 aliphatic carbocycles. The van der Waals surface area contributed by atoms with Gasteiger partial charge in [-0.1, -0.05) is 12.1 Å². The minimum Gasteiger partial charge on any atom is -0.346 e. The van der Waals surface area contributed by atoms with Gasteiger partial charge in [-0.3, -0.25) is 4.79 Å². The van der Waals surface area contributed by atoms with Crippen LogP contribution in [0.4, 0.5) is 18.3 Å². The van der Waals surface area contributed by atoms with Gasteiger partial charge < -0.3 is 9.80 Å². The molecule has 0 N–H and O–H groups in total. The molecule has 30 heavy (non-hydrogen) atoms. The second-order valence-corrected chi connectivity index (χ2v) is 8.66. The number of amides is 1. The molecule has 2 aromatic heterocycles. The van der Waals surface area contributed by atoms with Crippen LogP contribution in [0.1, 0.15) is 17.7 Å². The summed E-state index contributed by atoms with van der Waals surface area (Å²) in [6, 6.07) is 4.92. The summed E-state index contributed by atoms with van der Waals surface area (Å²) >= 11 is 2.92. The van der Waals surface area contributed by atoms with Crippen molar-refractivity contribution in [2.24, 2.45) is 0 Å². The number of hydrogen-bond acceptors (Lipinski definition) is 6. The smallest absolute Gasteiger partial charge is 0.346 e. The van der Waals surface area contributed by atoms with E-state index in [1.807, 2.05) is 10.3 Å². The molecule has 1 aliphatic heterocycles. The van der Waals surface area contributed by atoms with E-state index in [-0.39, 0.29) is 12.3 Å². The second-order valence-electron chi connectivity index (χ2n) is 6.93. The molecule has 1 aromatic carbocycles. The molecule has 4 rings (SSSR count). The van der Waals surface area contributed by atoms with Crippen LogP contribution in [-0.2, 0) is 17.4 Å². The number of hydrogen-bond donors (Lipinski definition) is 0. The highest BCUT2D eigenvalue weighted by Crippen LogP contribution is 2.32. The quantitative estimate of drug-likeness (QED) is 0.582. The molecule has 0 spiro atoms. The van der Waals surface area contributed by atoms with Crippen LogP contribution >= 0.6 is 22.7 Å². The lowest BCUT2D eigenvalue weighted by Crippen LogP contribution is -2.36. The van der Waals surface area contributed by atoms with E-state index in [9.17, 15) is 18.0 Å². The van der Waals surface area contributed by atoms with Crippen LogP contribution in [-0.4, -0.2) is 47.0 Å². The van der Waals surface area contributed by atoms with Gasteiger partial charge in [-0.15, -0.1) is 22.7 Å². The molecule has 10 heteroatoms. The number of thiazole rings is 2. The monoisotopic (exact) mass is 452 g/mol. The number of rotatable bonds is 4. The van der Waals surface area contributed by atoms with E-state index >= 15 is 0 Å². The Balaban J connectivity index is 1.37. The largest absolute Gasteiger partial charge is 0.416 e. The molecule has 3 aromatic rings. The van der Waals surface area contributed by atoms with Crippen LogP contribution in [0.2, 0.25) is 0 Å². The third kappa shape index (κ3) is 4.81. The zero-order chi connectivity index (χ0) is 21.1. The first-order chi connectivity index (χ1) is 14.4. The van der Waals surface area contributed by atoms with E-state index in [1.54, 1.807) is 22.9 Å². The van der Waals surface area contributed by atoms with Gasteiger partial charge in [0.05, 0.1) is 17.7 Å². The van der Waals surface area contributed by atoms with Gasteiger partial charge in [0.25, 0.3) is 0 Å². The second kappa shape index (κ2) is 8.73. The minimum atomic E-state index is -4.36. The molecule has 0 saturated carbocycles. The Kier molecular flexibility index (Phi) is 6.05. The third-order valence-corrected chi connectivity index (χ3v) is 6.65. The standard InChI is InChI=1S/C20H19F3N4OS2/c21-20(22,23)15-4-2-14(3-5-15)18-25-16(13-30-18)12-17(28)26-7-1-8-27(10-9-26)19-24-6-11-29-19/h2-6,11,13H,1,7-10,12H2. The lowest BCUT2D eigenvalue weighted by Gasteiger charge is -2.21. The number of nitrogens with zero attached hydrogens (tertiary/aromatic N) is 4. The third-order valence-electron chi connectivity index (χ3n) is 4.88. The maximum absolute atomic E-state index is 12.7. The van der Waals surface area contributed by atoms with Gasteiger partial charge in [-0.05, 0) is 18.6 Å². The number of carbonyl (C=O) groups excluding carboxylic acids is 1. The van der Waals surface area contributed by atoms with Crippen LogP contribution in [0.25, 0.3) is 10.6 Å². The van der Waals surface area contributed by atoms with Crippen LogP contribution in [0.3, 0.4) is 0 Å². The predicted molar refractivity (Wildman–Crippen MR) is 112 cm³/mol. The molecule has 1 fully saturated rings. The first-order valence-corrected chi connectivity index (χ1v) is 11.2. The highest BCUT2D eigenvalue weighted by Gasteiger charge is 2.30. The number of aromatic nitrogens is 2. The molecule has 158 valence electrons. The maximum Gasteiger partial charge on any atom is 0.416 e. The highest BCUT2D eigenvalue weighted by molar-refractivity contribution is 7.13. The molecule has 1 amide bonds. The van der Waals surface area contributed by atoms with Gasteiger partial charge in [-0.2, -0.15) is 13.2 Å². The summed E-state index contributed by atoms with van der Waals surface area (Å²) < 4.78 is 38.2. The molecule has 0 bridgehead atoms. The molecular formula is C20H19F3N4OS2. The van der Waals surface area contributed by atoms with Crippen LogP contribution in [0.5, 0.6) is 0 Å². The molecule has 0 radical (unpaired) electrons. The van der Waals surface area contributed by atoms with E-state index in [4.69, 9.17) is 0 Å². The predicted octanol–water partition coefficient (Wildman–Crippen LogP) is 4.57. The molecule has 5 nitrogen and oxygen atoms in total. The molecule has 1 saturated heterocycles. The summed E-state index contributed by atoms with van der Waals surface area (Å²) in [6.07, 6.45) is -1.51. The summed E-state index contributed by atoms with van der Waals surface area (Å²) in [5.41, 5.74) is 0.563. The summed E-state index contributed by atoms with van der Waals surface area (Å²) in [6.45, 7) is 2.93. The van der Waals surface area contributed by atoms with Gasteiger partial charge in [0.2, 0.25) is 5.91 Å². The number of carbonyl (C=O) groups is 1. The van der Waals surface area contributed by atoms with Crippen molar-refractivity contribution < 1.29 is 18.0 Å². The van der Waals surface area contributed by atoms with Crippen molar-refractivity contribution in [2.45, 2.75) is 19.0 Å². The SMILES string of the molecule is O=C(Cc1csc(-c2ccc(C(F)(F)F)cc2)n1)N1CCCN(c2nccs2)CC1. The van der Waals surface area contributed by atoms with E-state index in [2.05, 4.69) is 14.9 Å². The Morgan fingerprint density at radius 1 is 1.07 bits per heavy atom. The van der Waals surface area contributed by atoms with E-state index in [1.165, 1.54) is 23.5 Å². The first-order valence-electron chi connectivity index (χ1n) is 9.44. The topological polar surface area (TPSA) is 49.3 Å². The van der Waals surface area contributed by atoms with Gasteiger partial charge in [-0.25, -0.2) is 9.97 Å². The number of alkyl halides is 3. The Morgan fingerprint density at radius 3 is 2.57 bits per heavy atom. The summed E-state index contributed by atoms with van der Waals surface area (Å²) in [5.74, 6) is 0.0141. The average molecular weight is 453 g/mol. The van der Waals surface area contributed by atoms with Gasteiger partial charge in [0, 0.05) is 48.7 Å². The zero-order valence-electron chi connectivity index (χ0n) is 15.9. The Morgan fingerprint density at radius 2 is 1.87 bits per heavy atom. The van der Waals surface area contributed by atoms with Gasteiger partial charge in [0.15, 0.2) is 5.13 Å². The summed E-state index contributed by atoms with van der Waals surface area (Å²) in [4.78, 5) is 25.6. The fraction of sp³-hybridized carbons (Fsp3) is 0.350. The lowest BCUT2D eigenvalue weighted by molar-refractivity contribution is -0.137. The molecule has 0 unspecified atom stereocenters. The molecule has 1 aliphatic rings. The van der Waals surface area contributed by atoms with E-state index in [0.29, 0.717) is 29.4 Å². The number of benzene rings is 1. The fourth-order valence-corrected chi connectivity index (χ4v) is 4.84.